The molecule has 78 valence electrons. The van der Waals surface area contributed by atoms with Gasteiger partial charge in [-0.1, -0.05) is 0 Å². The van der Waals surface area contributed by atoms with Gasteiger partial charge in [0.25, 0.3) is 0 Å². The summed E-state index contributed by atoms with van der Waals surface area (Å²) in [5.74, 6) is 0. The second-order valence-corrected chi connectivity index (χ2v) is 5.02. The topological polar surface area (TPSA) is 48.1 Å². The van der Waals surface area contributed by atoms with Gasteiger partial charge in [-0.25, -0.2) is 4.98 Å². The third-order valence-corrected chi connectivity index (χ3v) is 3.66. The summed E-state index contributed by atoms with van der Waals surface area (Å²) in [5, 5.41) is 1.02. The van der Waals surface area contributed by atoms with Crippen molar-refractivity contribution in [2.75, 3.05) is 6.61 Å². The SMILES string of the molecule is Cc1sc(C(C)N)nc1C1CCCO1. The minimum atomic E-state index is 0.0360. The third kappa shape index (κ3) is 1.82. The Morgan fingerprint density at radius 1 is 1.64 bits per heavy atom. The van der Waals surface area contributed by atoms with Crippen molar-refractivity contribution in [1.82, 2.24) is 4.98 Å². The number of hydrogen-bond donors (Lipinski definition) is 1. The molecule has 0 aromatic carbocycles. The van der Waals surface area contributed by atoms with Crippen LogP contribution in [0.25, 0.3) is 0 Å². The average molecular weight is 212 g/mol. The van der Waals surface area contributed by atoms with Gasteiger partial charge in [0, 0.05) is 11.5 Å². The van der Waals surface area contributed by atoms with Crippen molar-refractivity contribution in [2.45, 2.75) is 38.8 Å². The maximum atomic E-state index is 5.80. The number of aromatic nitrogens is 1. The third-order valence-electron chi connectivity index (χ3n) is 2.47. The van der Waals surface area contributed by atoms with E-state index in [4.69, 9.17) is 10.5 Å². The molecule has 0 saturated carbocycles. The lowest BCUT2D eigenvalue weighted by Gasteiger charge is -2.06. The van der Waals surface area contributed by atoms with Crippen LogP contribution in [0.1, 0.15) is 47.5 Å². The molecule has 2 rings (SSSR count). The summed E-state index contributed by atoms with van der Waals surface area (Å²) in [7, 11) is 0. The van der Waals surface area contributed by atoms with E-state index < -0.39 is 0 Å². The Morgan fingerprint density at radius 3 is 2.93 bits per heavy atom. The molecule has 0 spiro atoms. The molecule has 0 radical (unpaired) electrons. The van der Waals surface area contributed by atoms with E-state index in [0.29, 0.717) is 0 Å². The van der Waals surface area contributed by atoms with Crippen LogP contribution in [0.4, 0.5) is 0 Å². The van der Waals surface area contributed by atoms with E-state index in [9.17, 15) is 0 Å². The molecule has 2 unspecified atom stereocenters. The van der Waals surface area contributed by atoms with Crippen molar-refractivity contribution in [1.29, 1.82) is 0 Å². The molecule has 1 saturated heterocycles. The molecule has 0 bridgehead atoms. The molecule has 1 aromatic rings. The van der Waals surface area contributed by atoms with Crippen molar-refractivity contribution < 1.29 is 4.74 Å². The molecular formula is C10H16N2OS. The summed E-state index contributed by atoms with van der Waals surface area (Å²) in [4.78, 5) is 5.81. The molecule has 1 aliphatic heterocycles. The summed E-state index contributed by atoms with van der Waals surface area (Å²) in [6.45, 7) is 4.94. The van der Waals surface area contributed by atoms with Crippen LogP contribution < -0.4 is 5.73 Å². The predicted molar refractivity (Wildman–Crippen MR) is 57.4 cm³/mol. The zero-order valence-corrected chi connectivity index (χ0v) is 9.43. The fourth-order valence-corrected chi connectivity index (χ4v) is 2.64. The number of nitrogens with zero attached hydrogens (tertiary/aromatic N) is 1. The lowest BCUT2D eigenvalue weighted by molar-refractivity contribution is 0.108. The minimum Gasteiger partial charge on any atom is -0.372 e. The van der Waals surface area contributed by atoms with Crippen molar-refractivity contribution in [2.24, 2.45) is 5.73 Å². The molecule has 4 heteroatoms. The molecule has 0 aliphatic carbocycles. The largest absolute Gasteiger partial charge is 0.372 e. The number of nitrogens with two attached hydrogens (primary N) is 1. The van der Waals surface area contributed by atoms with E-state index in [1.807, 2.05) is 6.92 Å². The lowest BCUT2D eigenvalue weighted by Crippen LogP contribution is -2.05. The first-order valence-electron chi connectivity index (χ1n) is 5.03. The minimum absolute atomic E-state index is 0.0360. The highest BCUT2D eigenvalue weighted by atomic mass is 32.1. The van der Waals surface area contributed by atoms with Crippen LogP contribution in [0.5, 0.6) is 0 Å². The maximum Gasteiger partial charge on any atom is 0.110 e. The van der Waals surface area contributed by atoms with E-state index in [1.165, 1.54) is 4.88 Å². The van der Waals surface area contributed by atoms with E-state index in [1.54, 1.807) is 11.3 Å². The van der Waals surface area contributed by atoms with Gasteiger partial charge in [-0.05, 0) is 26.7 Å². The Hall–Kier alpha value is -0.450. The van der Waals surface area contributed by atoms with Crippen molar-refractivity contribution >= 4 is 11.3 Å². The highest BCUT2D eigenvalue weighted by Crippen LogP contribution is 2.33. The number of rotatable bonds is 2. The van der Waals surface area contributed by atoms with Gasteiger partial charge in [0.15, 0.2) is 0 Å². The van der Waals surface area contributed by atoms with Gasteiger partial charge in [-0.2, -0.15) is 0 Å². The first-order valence-corrected chi connectivity index (χ1v) is 5.84. The van der Waals surface area contributed by atoms with Gasteiger partial charge in [-0.3, -0.25) is 0 Å². The fourth-order valence-electron chi connectivity index (χ4n) is 1.72. The molecule has 2 atom stereocenters. The highest BCUT2D eigenvalue weighted by molar-refractivity contribution is 7.11. The summed E-state index contributed by atoms with van der Waals surface area (Å²) >= 11 is 1.69. The Bertz CT molecular complexity index is 316. The average Bonchev–Trinajstić information content (AvgIpc) is 2.71. The molecule has 3 nitrogen and oxygen atoms in total. The quantitative estimate of drug-likeness (QED) is 0.818. The van der Waals surface area contributed by atoms with Crippen molar-refractivity contribution in [3.63, 3.8) is 0 Å². The number of hydrogen-bond acceptors (Lipinski definition) is 4. The van der Waals surface area contributed by atoms with Gasteiger partial charge in [-0.15, -0.1) is 11.3 Å². The van der Waals surface area contributed by atoms with Gasteiger partial charge in [0.1, 0.15) is 11.1 Å². The molecule has 1 aromatic heterocycles. The summed E-state index contributed by atoms with van der Waals surface area (Å²) in [6.07, 6.45) is 2.47. The number of ether oxygens (including phenoxy) is 1. The molecule has 1 aliphatic rings. The van der Waals surface area contributed by atoms with Gasteiger partial charge < -0.3 is 10.5 Å². The van der Waals surface area contributed by atoms with Crippen LogP contribution in [-0.4, -0.2) is 11.6 Å². The second-order valence-electron chi connectivity index (χ2n) is 3.78. The zero-order chi connectivity index (χ0) is 10.1. The van der Waals surface area contributed by atoms with Crippen molar-refractivity contribution in [3.8, 4) is 0 Å². The van der Waals surface area contributed by atoms with Crippen LogP contribution in [0.3, 0.4) is 0 Å². The zero-order valence-electron chi connectivity index (χ0n) is 8.62. The molecule has 2 N–H and O–H groups in total. The lowest BCUT2D eigenvalue weighted by atomic mass is 10.2. The number of thiazole rings is 1. The Kier molecular flexibility index (Phi) is 2.85. The Labute approximate surface area is 88.3 Å². The summed E-state index contributed by atoms with van der Waals surface area (Å²) < 4.78 is 5.62. The molecule has 1 fully saturated rings. The first-order chi connectivity index (χ1) is 6.68. The Morgan fingerprint density at radius 2 is 2.43 bits per heavy atom. The standard InChI is InChI=1S/C10H16N2OS/c1-6(11)10-12-9(7(2)14-10)8-4-3-5-13-8/h6,8H,3-5,11H2,1-2H3. The van der Waals surface area contributed by atoms with Gasteiger partial charge in [0.05, 0.1) is 11.7 Å². The second kappa shape index (κ2) is 3.96. The van der Waals surface area contributed by atoms with Crippen LogP contribution in [-0.2, 0) is 4.74 Å². The Balaban J connectivity index is 2.24. The number of aryl methyl sites for hydroxylation is 1. The van der Waals surface area contributed by atoms with Crippen LogP contribution in [0, 0.1) is 6.92 Å². The summed E-state index contributed by atoms with van der Waals surface area (Å²) in [6, 6.07) is 0.0360. The molecule has 2 heterocycles. The van der Waals surface area contributed by atoms with E-state index in [2.05, 4.69) is 11.9 Å². The van der Waals surface area contributed by atoms with Crippen LogP contribution in [0.2, 0.25) is 0 Å². The van der Waals surface area contributed by atoms with E-state index >= 15 is 0 Å². The maximum absolute atomic E-state index is 5.80. The van der Waals surface area contributed by atoms with E-state index in [-0.39, 0.29) is 12.1 Å². The first kappa shape index (κ1) is 10.1. The highest BCUT2D eigenvalue weighted by Gasteiger charge is 2.23. The van der Waals surface area contributed by atoms with Gasteiger partial charge >= 0.3 is 0 Å². The summed E-state index contributed by atoms with van der Waals surface area (Å²) in [5.41, 5.74) is 6.91. The van der Waals surface area contributed by atoms with Gasteiger partial charge in [0.2, 0.25) is 0 Å². The van der Waals surface area contributed by atoms with E-state index in [0.717, 1.165) is 30.2 Å². The molecule has 14 heavy (non-hydrogen) atoms. The monoisotopic (exact) mass is 212 g/mol. The molecule has 0 amide bonds. The smallest absolute Gasteiger partial charge is 0.110 e. The van der Waals surface area contributed by atoms with Crippen molar-refractivity contribution in [3.05, 3.63) is 15.6 Å². The van der Waals surface area contributed by atoms with Crippen LogP contribution >= 0.6 is 11.3 Å². The predicted octanol–water partition coefficient (Wildman–Crippen LogP) is 2.32. The van der Waals surface area contributed by atoms with Crippen LogP contribution in [0.15, 0.2) is 0 Å². The normalized spacial score (nSPS) is 24.1. The molecular weight excluding hydrogens is 196 g/mol. The fraction of sp³-hybridized carbons (Fsp3) is 0.700.